The van der Waals surface area contributed by atoms with Gasteiger partial charge in [0.2, 0.25) is 0 Å². The van der Waals surface area contributed by atoms with Gasteiger partial charge in [0.15, 0.2) is 9.84 Å². The van der Waals surface area contributed by atoms with Crippen LogP contribution in [0.15, 0.2) is 23.4 Å². The van der Waals surface area contributed by atoms with Gasteiger partial charge in [0.05, 0.1) is 11.9 Å². The van der Waals surface area contributed by atoms with Gasteiger partial charge in [0.1, 0.15) is 10.6 Å². The Labute approximate surface area is 140 Å². The van der Waals surface area contributed by atoms with Crippen LogP contribution in [0.2, 0.25) is 0 Å². The van der Waals surface area contributed by atoms with Crippen molar-refractivity contribution in [2.75, 3.05) is 19.3 Å². The second-order valence-corrected chi connectivity index (χ2v) is 8.11. The summed E-state index contributed by atoms with van der Waals surface area (Å²) in [4.78, 5) is 14.5. The Bertz CT molecular complexity index is 839. The highest BCUT2D eigenvalue weighted by Crippen LogP contribution is 2.30. The van der Waals surface area contributed by atoms with E-state index in [4.69, 9.17) is 0 Å². The lowest BCUT2D eigenvalue weighted by Crippen LogP contribution is -2.29. The molecule has 0 spiro atoms. The van der Waals surface area contributed by atoms with E-state index >= 15 is 0 Å². The van der Waals surface area contributed by atoms with Gasteiger partial charge in [-0.2, -0.15) is 10.2 Å². The summed E-state index contributed by atoms with van der Waals surface area (Å²) in [5, 5.41) is 10.9. The van der Waals surface area contributed by atoms with E-state index in [1.165, 1.54) is 12.5 Å². The van der Waals surface area contributed by atoms with Crippen LogP contribution in [0, 0.1) is 0 Å². The monoisotopic (exact) mass is 351 g/mol. The van der Waals surface area contributed by atoms with E-state index in [9.17, 15) is 13.2 Å². The molecule has 2 aromatic rings. The van der Waals surface area contributed by atoms with Crippen molar-refractivity contribution in [1.82, 2.24) is 24.9 Å². The molecule has 0 saturated carbocycles. The third kappa shape index (κ3) is 3.21. The van der Waals surface area contributed by atoms with Crippen LogP contribution in [0.3, 0.4) is 0 Å². The average molecular weight is 351 g/mol. The largest absolute Gasteiger partial charge is 0.337 e. The van der Waals surface area contributed by atoms with Crippen molar-refractivity contribution in [2.24, 2.45) is 0 Å². The number of carbonyl (C=O) groups excluding carboxylic acids is 1. The van der Waals surface area contributed by atoms with Gasteiger partial charge in [-0.3, -0.25) is 14.6 Å². The molecule has 24 heavy (non-hydrogen) atoms. The van der Waals surface area contributed by atoms with Gasteiger partial charge >= 0.3 is 0 Å². The number of carbonyl (C=O) groups is 1. The smallest absolute Gasteiger partial charge is 0.274 e. The number of H-pyrrole nitrogens is 1. The van der Waals surface area contributed by atoms with Gasteiger partial charge in [-0.25, -0.2) is 8.42 Å². The van der Waals surface area contributed by atoms with Crippen molar-refractivity contribution >= 4 is 15.7 Å². The molecular weight excluding hydrogens is 330 g/mol. The Balaban J connectivity index is 1.73. The maximum atomic E-state index is 12.6. The van der Waals surface area contributed by atoms with Crippen LogP contribution in [-0.2, 0) is 16.4 Å². The number of likely N-dealkylation sites (tertiary alicyclic amines) is 1. The van der Waals surface area contributed by atoms with Crippen LogP contribution in [-0.4, -0.2) is 58.5 Å². The molecule has 130 valence electrons. The van der Waals surface area contributed by atoms with E-state index in [-0.39, 0.29) is 16.7 Å². The standard InChI is InChI=1S/C15H21N5O3S/c1-3-6-20-8-5-12(18-20)15(21)19-7-4-11(10-19)14-13(9-16-17-14)24(2,22)23/h5,8-9,11H,3-4,6-7,10H2,1-2H3,(H,16,17). The molecule has 0 radical (unpaired) electrons. The molecule has 1 saturated heterocycles. The molecule has 9 heteroatoms. The molecule has 0 aliphatic carbocycles. The summed E-state index contributed by atoms with van der Waals surface area (Å²) in [6.45, 7) is 3.87. The van der Waals surface area contributed by atoms with E-state index in [2.05, 4.69) is 22.2 Å². The lowest BCUT2D eigenvalue weighted by atomic mass is 10.1. The fraction of sp³-hybridized carbons (Fsp3) is 0.533. The quantitative estimate of drug-likeness (QED) is 0.868. The first-order chi connectivity index (χ1) is 11.4. The van der Waals surface area contributed by atoms with Crippen LogP contribution < -0.4 is 0 Å². The van der Waals surface area contributed by atoms with E-state index in [0.29, 0.717) is 30.9 Å². The number of aromatic amines is 1. The molecule has 2 aromatic heterocycles. The van der Waals surface area contributed by atoms with Crippen molar-refractivity contribution in [3.05, 3.63) is 29.8 Å². The summed E-state index contributed by atoms with van der Waals surface area (Å²) >= 11 is 0. The predicted octanol–water partition coefficient (Wildman–Crippen LogP) is 1.05. The predicted molar refractivity (Wildman–Crippen MR) is 87.5 cm³/mol. The van der Waals surface area contributed by atoms with Gasteiger partial charge in [-0.05, 0) is 18.9 Å². The number of nitrogens with zero attached hydrogens (tertiary/aromatic N) is 4. The minimum atomic E-state index is -3.33. The lowest BCUT2D eigenvalue weighted by Gasteiger charge is -2.15. The van der Waals surface area contributed by atoms with Crippen LogP contribution in [0.1, 0.15) is 41.9 Å². The van der Waals surface area contributed by atoms with Crippen molar-refractivity contribution in [3.63, 3.8) is 0 Å². The number of amides is 1. The number of hydrogen-bond acceptors (Lipinski definition) is 5. The normalized spacial score (nSPS) is 18.2. The summed E-state index contributed by atoms with van der Waals surface area (Å²) in [7, 11) is -3.33. The fourth-order valence-electron chi connectivity index (χ4n) is 3.04. The zero-order valence-corrected chi connectivity index (χ0v) is 14.6. The Hall–Kier alpha value is -2.16. The van der Waals surface area contributed by atoms with Crippen LogP contribution >= 0.6 is 0 Å². The summed E-state index contributed by atoms with van der Waals surface area (Å²) < 4.78 is 25.4. The number of rotatable bonds is 5. The maximum Gasteiger partial charge on any atom is 0.274 e. The van der Waals surface area contributed by atoms with Crippen LogP contribution in [0.4, 0.5) is 0 Å². The molecule has 3 heterocycles. The molecule has 1 amide bonds. The maximum absolute atomic E-state index is 12.6. The highest BCUT2D eigenvalue weighted by Gasteiger charge is 2.32. The summed E-state index contributed by atoms with van der Waals surface area (Å²) in [6.07, 6.45) is 5.96. The number of aromatic nitrogens is 4. The van der Waals surface area contributed by atoms with Gasteiger partial charge < -0.3 is 4.90 Å². The Morgan fingerprint density at radius 3 is 2.96 bits per heavy atom. The Morgan fingerprint density at radius 1 is 1.46 bits per heavy atom. The van der Waals surface area contributed by atoms with Crippen molar-refractivity contribution in [2.45, 2.75) is 37.1 Å². The summed E-state index contributed by atoms with van der Waals surface area (Å²) in [5.74, 6) is -0.174. The summed E-state index contributed by atoms with van der Waals surface area (Å²) in [5.41, 5.74) is 1.02. The van der Waals surface area contributed by atoms with E-state index in [1.807, 2.05) is 0 Å². The molecule has 1 fully saturated rings. The molecule has 8 nitrogen and oxygen atoms in total. The fourth-order valence-corrected chi connectivity index (χ4v) is 3.90. The second kappa shape index (κ2) is 6.39. The minimum absolute atomic E-state index is 0.0566. The van der Waals surface area contributed by atoms with E-state index < -0.39 is 9.84 Å². The van der Waals surface area contributed by atoms with Crippen molar-refractivity contribution < 1.29 is 13.2 Å². The van der Waals surface area contributed by atoms with Gasteiger partial charge in [-0.1, -0.05) is 6.92 Å². The number of sulfone groups is 1. The molecule has 0 bridgehead atoms. The second-order valence-electron chi connectivity index (χ2n) is 6.12. The molecule has 1 aliphatic rings. The third-order valence-electron chi connectivity index (χ3n) is 4.23. The minimum Gasteiger partial charge on any atom is -0.337 e. The number of nitrogens with one attached hydrogen (secondary N) is 1. The van der Waals surface area contributed by atoms with Gasteiger partial charge in [-0.15, -0.1) is 0 Å². The molecule has 1 N–H and O–H groups in total. The van der Waals surface area contributed by atoms with Crippen LogP contribution in [0.5, 0.6) is 0 Å². The molecule has 1 aliphatic heterocycles. The lowest BCUT2D eigenvalue weighted by molar-refractivity contribution is 0.0783. The van der Waals surface area contributed by atoms with Gasteiger partial charge in [0.25, 0.3) is 5.91 Å². The number of hydrogen-bond donors (Lipinski definition) is 1. The highest BCUT2D eigenvalue weighted by molar-refractivity contribution is 7.90. The third-order valence-corrected chi connectivity index (χ3v) is 5.35. The Morgan fingerprint density at radius 2 is 2.25 bits per heavy atom. The zero-order chi connectivity index (χ0) is 17.3. The summed E-state index contributed by atoms with van der Waals surface area (Å²) in [6, 6.07) is 1.73. The van der Waals surface area contributed by atoms with Crippen LogP contribution in [0.25, 0.3) is 0 Å². The molecule has 3 rings (SSSR count). The average Bonchev–Trinajstić information content (AvgIpc) is 3.25. The molecule has 1 unspecified atom stereocenters. The van der Waals surface area contributed by atoms with Crippen molar-refractivity contribution in [3.8, 4) is 0 Å². The topological polar surface area (TPSA) is 101 Å². The van der Waals surface area contributed by atoms with E-state index in [1.54, 1.807) is 21.8 Å². The molecule has 1 atom stereocenters. The number of aryl methyl sites for hydroxylation is 1. The first-order valence-corrected chi connectivity index (χ1v) is 9.85. The molecule has 0 aromatic carbocycles. The molecular formula is C15H21N5O3S. The zero-order valence-electron chi connectivity index (χ0n) is 13.8. The first-order valence-electron chi connectivity index (χ1n) is 7.96. The SMILES string of the molecule is CCCn1ccc(C(=O)N2CCC(c3[nH]ncc3S(C)(=O)=O)C2)n1. The van der Waals surface area contributed by atoms with Gasteiger partial charge in [0, 0.05) is 38.0 Å². The first kappa shape index (κ1) is 16.7. The highest BCUT2D eigenvalue weighted by atomic mass is 32.2. The van der Waals surface area contributed by atoms with E-state index in [0.717, 1.165) is 13.0 Å². The van der Waals surface area contributed by atoms with Crippen molar-refractivity contribution in [1.29, 1.82) is 0 Å². The Kier molecular flexibility index (Phi) is 4.44.